The van der Waals surface area contributed by atoms with Crippen LogP contribution >= 0.6 is 12.2 Å². The van der Waals surface area contributed by atoms with Gasteiger partial charge in [0.05, 0.1) is 10.4 Å². The minimum Gasteiger partial charge on any atom is -0.346 e. The second-order valence-corrected chi connectivity index (χ2v) is 6.37. The van der Waals surface area contributed by atoms with E-state index in [0.29, 0.717) is 16.2 Å². The van der Waals surface area contributed by atoms with Crippen molar-refractivity contribution in [3.05, 3.63) is 88.5 Å². The van der Waals surface area contributed by atoms with E-state index in [4.69, 9.17) is 12.2 Å². The van der Waals surface area contributed by atoms with Gasteiger partial charge in [0.15, 0.2) is 0 Å². The highest BCUT2D eigenvalue weighted by molar-refractivity contribution is 7.81. The van der Waals surface area contributed by atoms with Gasteiger partial charge in [-0.05, 0) is 18.2 Å². The average Bonchev–Trinajstić information content (AvgIpc) is 3.12. The Morgan fingerprint density at radius 2 is 1.85 bits per heavy atom. The molecule has 0 aliphatic rings. The van der Waals surface area contributed by atoms with E-state index >= 15 is 0 Å². The first-order valence-corrected chi connectivity index (χ1v) is 8.62. The van der Waals surface area contributed by atoms with E-state index in [1.54, 1.807) is 12.1 Å². The van der Waals surface area contributed by atoms with Gasteiger partial charge in [-0.3, -0.25) is 15.2 Å². The number of thiocarbonyl (C=S) groups is 1. The van der Waals surface area contributed by atoms with Gasteiger partial charge in [0, 0.05) is 34.3 Å². The van der Waals surface area contributed by atoms with Crippen LogP contribution in [0.3, 0.4) is 0 Å². The molecule has 0 amide bonds. The molecule has 6 nitrogen and oxygen atoms in total. The predicted molar refractivity (Wildman–Crippen MR) is 110 cm³/mol. The summed E-state index contributed by atoms with van der Waals surface area (Å²) >= 11 is 5.47. The molecule has 0 radical (unpaired) electrons. The number of aromatic nitrogens is 2. The molecule has 27 heavy (non-hydrogen) atoms. The summed E-state index contributed by atoms with van der Waals surface area (Å²) < 4.78 is 0. The number of nitro groups is 1. The molecule has 2 N–H and O–H groups in total. The van der Waals surface area contributed by atoms with Crippen molar-refractivity contribution in [2.45, 2.75) is 0 Å². The van der Waals surface area contributed by atoms with Crippen molar-refractivity contribution in [3.63, 3.8) is 0 Å². The third-order valence-electron chi connectivity index (χ3n) is 4.19. The molecule has 0 unspecified atom stereocenters. The summed E-state index contributed by atoms with van der Waals surface area (Å²) in [6.45, 7) is 0. The van der Waals surface area contributed by atoms with Crippen LogP contribution in [0.15, 0.2) is 72.8 Å². The van der Waals surface area contributed by atoms with E-state index in [-0.39, 0.29) is 5.69 Å². The van der Waals surface area contributed by atoms with Gasteiger partial charge in [0.25, 0.3) is 5.69 Å². The van der Waals surface area contributed by atoms with Gasteiger partial charge in [0.2, 0.25) is 0 Å². The second-order valence-electron chi connectivity index (χ2n) is 5.96. The number of nitrogens with zero attached hydrogens (tertiary/aromatic N) is 2. The van der Waals surface area contributed by atoms with Crippen molar-refractivity contribution in [3.8, 4) is 11.3 Å². The lowest BCUT2D eigenvalue weighted by Crippen LogP contribution is -2.09. The maximum Gasteiger partial charge on any atom is 0.270 e. The molecule has 0 fully saturated rings. The summed E-state index contributed by atoms with van der Waals surface area (Å²) in [5.41, 5.74) is 3.96. The number of rotatable bonds is 4. The van der Waals surface area contributed by atoms with Gasteiger partial charge in [-0.15, -0.1) is 0 Å². The van der Waals surface area contributed by atoms with Crippen molar-refractivity contribution in [1.82, 2.24) is 10.2 Å². The highest BCUT2D eigenvalue weighted by Gasteiger charge is 2.13. The van der Waals surface area contributed by atoms with Gasteiger partial charge >= 0.3 is 0 Å². The zero-order chi connectivity index (χ0) is 18.8. The molecule has 0 spiro atoms. The van der Waals surface area contributed by atoms with Gasteiger partial charge in [-0.25, -0.2) is 0 Å². The molecule has 0 atom stereocenters. The summed E-state index contributed by atoms with van der Waals surface area (Å²) in [6, 6.07) is 21.9. The number of benzene rings is 3. The molecule has 4 aromatic rings. The van der Waals surface area contributed by atoms with Crippen LogP contribution in [0.1, 0.15) is 5.56 Å². The van der Waals surface area contributed by atoms with E-state index in [1.165, 1.54) is 12.1 Å². The third kappa shape index (κ3) is 3.40. The van der Waals surface area contributed by atoms with Crippen LogP contribution in [-0.2, 0) is 0 Å². The molecule has 1 aromatic heterocycles. The first-order chi connectivity index (χ1) is 13.1. The first kappa shape index (κ1) is 16.9. The number of anilines is 1. The zero-order valence-electron chi connectivity index (χ0n) is 14.0. The molecule has 0 bridgehead atoms. The Morgan fingerprint density at radius 3 is 2.63 bits per heavy atom. The van der Waals surface area contributed by atoms with E-state index in [2.05, 4.69) is 15.5 Å². The SMILES string of the molecule is O=[N+]([O-])c1cccc(-c2n[nH]c3ccc(NC(=S)c4ccccc4)cc23)c1. The van der Waals surface area contributed by atoms with E-state index < -0.39 is 4.92 Å². The monoisotopic (exact) mass is 374 g/mol. The maximum absolute atomic E-state index is 11.0. The second kappa shape index (κ2) is 6.97. The number of nitrogens with one attached hydrogen (secondary N) is 2. The third-order valence-corrected chi connectivity index (χ3v) is 4.52. The number of aromatic amines is 1. The molecular formula is C20H14N4O2S. The summed E-state index contributed by atoms with van der Waals surface area (Å²) in [7, 11) is 0. The van der Waals surface area contributed by atoms with Crippen LogP contribution in [-0.4, -0.2) is 20.1 Å². The molecule has 0 saturated heterocycles. The Hall–Kier alpha value is -3.58. The maximum atomic E-state index is 11.0. The minimum absolute atomic E-state index is 0.0307. The molecule has 3 aromatic carbocycles. The van der Waals surface area contributed by atoms with Gasteiger partial charge in [0.1, 0.15) is 10.7 Å². The first-order valence-electron chi connectivity index (χ1n) is 8.21. The quantitative estimate of drug-likeness (QED) is 0.301. The molecular weight excluding hydrogens is 360 g/mol. The molecule has 7 heteroatoms. The molecule has 0 aliphatic heterocycles. The lowest BCUT2D eigenvalue weighted by molar-refractivity contribution is -0.384. The lowest BCUT2D eigenvalue weighted by atomic mass is 10.1. The number of non-ortho nitro benzene ring substituents is 1. The Balaban J connectivity index is 1.70. The Labute approximate surface area is 160 Å². The van der Waals surface area contributed by atoms with Gasteiger partial charge in [-0.2, -0.15) is 5.10 Å². The smallest absolute Gasteiger partial charge is 0.270 e. The number of nitro benzene ring substituents is 1. The van der Waals surface area contributed by atoms with E-state index in [9.17, 15) is 10.1 Å². The molecule has 132 valence electrons. The summed E-state index contributed by atoms with van der Waals surface area (Å²) in [4.78, 5) is 11.3. The van der Waals surface area contributed by atoms with Gasteiger partial charge in [-0.1, -0.05) is 54.7 Å². The predicted octanol–water partition coefficient (Wildman–Crippen LogP) is 4.93. The largest absolute Gasteiger partial charge is 0.346 e. The fourth-order valence-electron chi connectivity index (χ4n) is 2.87. The van der Waals surface area contributed by atoms with Crippen LogP contribution in [0.5, 0.6) is 0 Å². The van der Waals surface area contributed by atoms with Crippen LogP contribution in [0.25, 0.3) is 22.2 Å². The molecule has 0 saturated carbocycles. The average molecular weight is 374 g/mol. The van der Waals surface area contributed by atoms with Crippen molar-refractivity contribution in [2.24, 2.45) is 0 Å². The molecule has 4 rings (SSSR count). The fraction of sp³-hybridized carbons (Fsp3) is 0. The minimum atomic E-state index is -0.413. The van der Waals surface area contributed by atoms with Crippen LogP contribution < -0.4 is 5.32 Å². The lowest BCUT2D eigenvalue weighted by Gasteiger charge is -2.08. The van der Waals surface area contributed by atoms with Crippen LogP contribution in [0, 0.1) is 10.1 Å². The normalized spacial score (nSPS) is 10.7. The summed E-state index contributed by atoms with van der Waals surface area (Å²) in [5, 5.41) is 22.4. The standard InChI is InChI=1S/C20H14N4O2S/c25-24(26)16-8-4-7-14(11-16)19-17-12-15(9-10-18(17)22-23-19)21-20(27)13-5-2-1-3-6-13/h1-12H,(H,21,27)(H,22,23). The van der Waals surface area contributed by atoms with Crippen molar-refractivity contribution >= 4 is 39.5 Å². The Kier molecular flexibility index (Phi) is 4.35. The fourth-order valence-corrected chi connectivity index (χ4v) is 3.13. The topological polar surface area (TPSA) is 83.8 Å². The Morgan fingerprint density at radius 1 is 1.04 bits per heavy atom. The number of hydrogen-bond donors (Lipinski definition) is 2. The number of fused-ring (bicyclic) bond motifs is 1. The zero-order valence-corrected chi connectivity index (χ0v) is 14.9. The van der Waals surface area contributed by atoms with Crippen molar-refractivity contribution < 1.29 is 4.92 Å². The van der Waals surface area contributed by atoms with Crippen LogP contribution in [0.2, 0.25) is 0 Å². The number of hydrogen-bond acceptors (Lipinski definition) is 4. The van der Waals surface area contributed by atoms with Crippen molar-refractivity contribution in [2.75, 3.05) is 5.32 Å². The number of H-pyrrole nitrogens is 1. The summed E-state index contributed by atoms with van der Waals surface area (Å²) in [5.74, 6) is 0. The summed E-state index contributed by atoms with van der Waals surface area (Å²) in [6.07, 6.45) is 0. The molecule has 0 aliphatic carbocycles. The van der Waals surface area contributed by atoms with Crippen molar-refractivity contribution in [1.29, 1.82) is 0 Å². The Bertz CT molecular complexity index is 1160. The van der Waals surface area contributed by atoms with Gasteiger partial charge < -0.3 is 5.32 Å². The highest BCUT2D eigenvalue weighted by atomic mass is 32.1. The van der Waals surface area contributed by atoms with E-state index in [0.717, 1.165) is 22.2 Å². The highest BCUT2D eigenvalue weighted by Crippen LogP contribution is 2.30. The van der Waals surface area contributed by atoms with Crippen LogP contribution in [0.4, 0.5) is 11.4 Å². The van der Waals surface area contributed by atoms with E-state index in [1.807, 2.05) is 48.5 Å². The molecule has 1 heterocycles.